The Morgan fingerprint density at radius 2 is 1.88 bits per heavy atom. The number of rotatable bonds is 6. The maximum Gasteiger partial charge on any atom is 0.214 e. The fraction of sp³-hybridized carbons (Fsp3) is 1.00. The van der Waals surface area contributed by atoms with Gasteiger partial charge in [-0.1, -0.05) is 19.8 Å². The van der Waals surface area contributed by atoms with Crippen molar-refractivity contribution in [3.8, 4) is 0 Å². The molecular weight excluding hydrogens is 258 g/mol. The first kappa shape index (κ1) is 15.3. The van der Waals surface area contributed by atoms with Crippen molar-refractivity contribution >= 4 is 21.6 Å². The topological polar surface area (TPSA) is 37.4 Å². The maximum absolute atomic E-state index is 12.1. The van der Waals surface area contributed by atoms with Crippen molar-refractivity contribution in [3.63, 3.8) is 0 Å². The highest BCUT2D eigenvalue weighted by atomic mass is 35.5. The van der Waals surface area contributed by atoms with Gasteiger partial charge in [0, 0.05) is 19.0 Å². The predicted octanol–water partition coefficient (Wildman–Crippen LogP) is 2.85. The first-order chi connectivity index (χ1) is 7.99. The summed E-state index contributed by atoms with van der Waals surface area (Å²) in [6.07, 6.45) is 5.97. The molecule has 0 spiro atoms. The highest BCUT2D eigenvalue weighted by Crippen LogP contribution is 2.29. The first-order valence-electron chi connectivity index (χ1n) is 6.50. The van der Waals surface area contributed by atoms with Crippen LogP contribution in [0.15, 0.2) is 0 Å². The third-order valence-electron chi connectivity index (χ3n) is 3.76. The number of unbranched alkanes of at least 4 members (excludes halogenated alkanes) is 1. The van der Waals surface area contributed by atoms with Gasteiger partial charge in [0.15, 0.2) is 0 Å². The van der Waals surface area contributed by atoms with E-state index in [0.717, 1.165) is 25.7 Å². The van der Waals surface area contributed by atoms with Crippen LogP contribution in [0.4, 0.5) is 0 Å². The average Bonchev–Trinajstić information content (AvgIpc) is 2.29. The van der Waals surface area contributed by atoms with Crippen molar-refractivity contribution in [1.29, 1.82) is 0 Å². The van der Waals surface area contributed by atoms with Crippen LogP contribution in [-0.2, 0) is 10.0 Å². The predicted molar refractivity (Wildman–Crippen MR) is 72.9 cm³/mol. The highest BCUT2D eigenvalue weighted by molar-refractivity contribution is 7.89. The summed E-state index contributed by atoms with van der Waals surface area (Å²) >= 11 is 5.57. The van der Waals surface area contributed by atoms with E-state index >= 15 is 0 Å². The van der Waals surface area contributed by atoms with E-state index in [-0.39, 0.29) is 11.8 Å². The van der Waals surface area contributed by atoms with Crippen LogP contribution in [-0.4, -0.2) is 37.4 Å². The largest absolute Gasteiger partial charge is 0.214 e. The second kappa shape index (κ2) is 6.95. The Labute approximate surface area is 111 Å². The van der Waals surface area contributed by atoms with Gasteiger partial charge in [0.2, 0.25) is 10.0 Å². The molecule has 5 heteroatoms. The molecule has 17 heavy (non-hydrogen) atoms. The Balaban J connectivity index is 2.57. The first-order valence-corrected chi connectivity index (χ1v) is 8.65. The van der Waals surface area contributed by atoms with E-state index in [1.165, 1.54) is 6.42 Å². The molecule has 3 nitrogen and oxygen atoms in total. The van der Waals surface area contributed by atoms with Gasteiger partial charge in [-0.2, -0.15) is 0 Å². The van der Waals surface area contributed by atoms with E-state index < -0.39 is 10.0 Å². The lowest BCUT2D eigenvalue weighted by molar-refractivity contribution is 0.213. The number of sulfonamides is 1. The SMILES string of the molecule is CC1CCCCC1N(C)S(=O)(=O)CCCCCl. The summed E-state index contributed by atoms with van der Waals surface area (Å²) in [4.78, 5) is 0. The van der Waals surface area contributed by atoms with E-state index in [2.05, 4.69) is 6.92 Å². The summed E-state index contributed by atoms with van der Waals surface area (Å²) < 4.78 is 25.9. The van der Waals surface area contributed by atoms with E-state index in [9.17, 15) is 8.42 Å². The molecule has 1 fully saturated rings. The molecule has 1 saturated carbocycles. The number of alkyl halides is 1. The van der Waals surface area contributed by atoms with Gasteiger partial charge in [-0.3, -0.25) is 0 Å². The quantitative estimate of drug-likeness (QED) is 0.555. The second-order valence-electron chi connectivity index (χ2n) is 5.06. The standard InChI is InChI=1S/C12H24ClNO2S/c1-11-7-3-4-8-12(11)14(2)17(15,16)10-6-5-9-13/h11-12H,3-10H2,1-2H3. The van der Waals surface area contributed by atoms with Crippen LogP contribution >= 0.6 is 11.6 Å². The minimum Gasteiger partial charge on any atom is -0.212 e. The summed E-state index contributed by atoms with van der Waals surface area (Å²) in [7, 11) is -1.35. The number of hydrogen-bond acceptors (Lipinski definition) is 2. The van der Waals surface area contributed by atoms with Gasteiger partial charge in [0.25, 0.3) is 0 Å². The van der Waals surface area contributed by atoms with Gasteiger partial charge >= 0.3 is 0 Å². The molecule has 2 atom stereocenters. The maximum atomic E-state index is 12.1. The van der Waals surface area contributed by atoms with Crippen LogP contribution in [0.1, 0.15) is 45.4 Å². The summed E-state index contributed by atoms with van der Waals surface area (Å²) in [6.45, 7) is 2.16. The van der Waals surface area contributed by atoms with Crippen LogP contribution in [0.5, 0.6) is 0 Å². The van der Waals surface area contributed by atoms with E-state index in [1.54, 1.807) is 11.4 Å². The van der Waals surface area contributed by atoms with Crippen molar-refractivity contribution in [1.82, 2.24) is 4.31 Å². The molecule has 0 aromatic heterocycles. The molecule has 0 aromatic rings. The molecule has 0 radical (unpaired) electrons. The van der Waals surface area contributed by atoms with Crippen molar-refractivity contribution in [3.05, 3.63) is 0 Å². The summed E-state index contributed by atoms with van der Waals surface area (Å²) in [5, 5.41) is 0. The highest BCUT2D eigenvalue weighted by Gasteiger charge is 2.31. The lowest BCUT2D eigenvalue weighted by atomic mass is 9.86. The van der Waals surface area contributed by atoms with Gasteiger partial charge < -0.3 is 0 Å². The summed E-state index contributed by atoms with van der Waals surface area (Å²) in [5.74, 6) is 1.26. The van der Waals surface area contributed by atoms with Gasteiger partial charge in [0.05, 0.1) is 5.75 Å². The lowest BCUT2D eigenvalue weighted by Gasteiger charge is -2.35. The smallest absolute Gasteiger partial charge is 0.212 e. The molecule has 0 N–H and O–H groups in total. The minimum atomic E-state index is -3.09. The molecule has 0 amide bonds. The molecule has 2 unspecified atom stereocenters. The number of hydrogen-bond donors (Lipinski definition) is 0. The second-order valence-corrected chi connectivity index (χ2v) is 7.58. The molecule has 0 heterocycles. The monoisotopic (exact) mass is 281 g/mol. The normalized spacial score (nSPS) is 26.4. The number of halogens is 1. The van der Waals surface area contributed by atoms with Crippen LogP contribution < -0.4 is 0 Å². The Hall–Kier alpha value is 0.200. The van der Waals surface area contributed by atoms with E-state index in [0.29, 0.717) is 18.2 Å². The molecule has 1 aliphatic rings. The molecule has 0 bridgehead atoms. The summed E-state index contributed by atoms with van der Waals surface area (Å²) in [6, 6.07) is 0.199. The molecular formula is C12H24ClNO2S. The van der Waals surface area contributed by atoms with Crippen LogP contribution in [0, 0.1) is 5.92 Å². The van der Waals surface area contributed by atoms with Crippen LogP contribution in [0.2, 0.25) is 0 Å². The van der Waals surface area contributed by atoms with Gasteiger partial charge in [-0.15, -0.1) is 11.6 Å². The fourth-order valence-electron chi connectivity index (χ4n) is 2.57. The molecule has 1 aliphatic carbocycles. The Bertz CT molecular complexity index is 318. The van der Waals surface area contributed by atoms with E-state index in [1.807, 2.05) is 0 Å². The van der Waals surface area contributed by atoms with Crippen molar-refractivity contribution in [2.24, 2.45) is 5.92 Å². The van der Waals surface area contributed by atoms with Crippen molar-refractivity contribution in [2.45, 2.75) is 51.5 Å². The Morgan fingerprint density at radius 3 is 2.47 bits per heavy atom. The lowest BCUT2D eigenvalue weighted by Crippen LogP contribution is -2.43. The molecule has 0 saturated heterocycles. The van der Waals surface area contributed by atoms with Crippen molar-refractivity contribution < 1.29 is 8.42 Å². The zero-order chi connectivity index (χ0) is 12.9. The summed E-state index contributed by atoms with van der Waals surface area (Å²) in [5.41, 5.74) is 0. The average molecular weight is 282 g/mol. The van der Waals surface area contributed by atoms with Gasteiger partial charge in [0.1, 0.15) is 0 Å². The molecule has 1 rings (SSSR count). The third kappa shape index (κ3) is 4.42. The molecule has 0 aromatic carbocycles. The Morgan fingerprint density at radius 1 is 1.24 bits per heavy atom. The zero-order valence-electron chi connectivity index (χ0n) is 10.9. The van der Waals surface area contributed by atoms with E-state index in [4.69, 9.17) is 11.6 Å². The molecule has 102 valence electrons. The Kier molecular flexibility index (Phi) is 6.24. The molecule has 0 aliphatic heterocycles. The third-order valence-corrected chi connectivity index (χ3v) is 5.98. The minimum absolute atomic E-state index is 0.199. The van der Waals surface area contributed by atoms with Crippen LogP contribution in [0.25, 0.3) is 0 Å². The number of nitrogens with zero attached hydrogens (tertiary/aromatic N) is 1. The van der Waals surface area contributed by atoms with Gasteiger partial charge in [-0.25, -0.2) is 12.7 Å². The zero-order valence-corrected chi connectivity index (χ0v) is 12.4. The fourth-order valence-corrected chi connectivity index (χ4v) is 4.34. The van der Waals surface area contributed by atoms with Gasteiger partial charge in [-0.05, 0) is 31.6 Å². The van der Waals surface area contributed by atoms with Crippen LogP contribution in [0.3, 0.4) is 0 Å². The van der Waals surface area contributed by atoms with Crippen molar-refractivity contribution in [2.75, 3.05) is 18.7 Å².